The third-order valence-electron chi connectivity index (χ3n) is 4.42. The highest BCUT2D eigenvalue weighted by Crippen LogP contribution is 2.28. The predicted octanol–water partition coefficient (Wildman–Crippen LogP) is 2.95. The van der Waals surface area contributed by atoms with Gasteiger partial charge in [0, 0.05) is 13.1 Å². The van der Waals surface area contributed by atoms with E-state index in [0.717, 1.165) is 31.7 Å². The van der Waals surface area contributed by atoms with Crippen molar-refractivity contribution in [1.29, 1.82) is 0 Å². The number of carbonyl (C=O) groups excluding carboxylic acids is 1. The van der Waals surface area contributed by atoms with Gasteiger partial charge in [0.2, 0.25) is 5.88 Å². The Kier molecular flexibility index (Phi) is 4.99. The minimum Gasteiger partial charge on any atom is -0.480 e. The van der Waals surface area contributed by atoms with Gasteiger partial charge < -0.3 is 14.4 Å². The molecule has 1 saturated heterocycles. The maximum Gasteiger partial charge on any atom is 0.343 e. The lowest BCUT2D eigenvalue weighted by atomic mass is 9.99. The number of esters is 1. The molecule has 24 heavy (non-hydrogen) atoms. The van der Waals surface area contributed by atoms with E-state index < -0.39 is 5.97 Å². The minimum absolute atomic E-state index is 0.311. The molecule has 0 N–H and O–H groups in total. The molecule has 5 nitrogen and oxygen atoms in total. The van der Waals surface area contributed by atoms with E-state index in [1.165, 1.54) is 19.8 Å². The van der Waals surface area contributed by atoms with E-state index in [4.69, 9.17) is 9.47 Å². The molecular weight excluding hydrogens is 304 g/mol. The van der Waals surface area contributed by atoms with Gasteiger partial charge in [-0.1, -0.05) is 30.3 Å². The Morgan fingerprint density at radius 1 is 1.21 bits per heavy atom. The van der Waals surface area contributed by atoms with E-state index in [1.807, 2.05) is 12.1 Å². The zero-order valence-electron chi connectivity index (χ0n) is 14.1. The largest absolute Gasteiger partial charge is 0.480 e. The molecule has 2 aromatic rings. The Balaban J connectivity index is 1.70. The van der Waals surface area contributed by atoms with Crippen LogP contribution in [0.2, 0.25) is 0 Å². The molecule has 2 heterocycles. The fourth-order valence-electron chi connectivity index (χ4n) is 3.18. The maximum atomic E-state index is 11.7. The lowest BCUT2D eigenvalue weighted by Gasteiger charge is -2.19. The van der Waals surface area contributed by atoms with Crippen molar-refractivity contribution in [3.8, 4) is 5.88 Å². The zero-order chi connectivity index (χ0) is 16.9. The first-order chi connectivity index (χ1) is 11.7. The van der Waals surface area contributed by atoms with E-state index in [1.54, 1.807) is 6.07 Å². The summed E-state index contributed by atoms with van der Waals surface area (Å²) in [5.41, 5.74) is 1.72. The van der Waals surface area contributed by atoms with E-state index in [0.29, 0.717) is 17.4 Å². The SMILES string of the molecule is COC(=O)c1ccc(N2CCC(Cc3ccccc3)C2)nc1OC. The fraction of sp³-hybridized carbons (Fsp3) is 0.368. The number of nitrogens with zero attached hydrogens (tertiary/aromatic N) is 2. The predicted molar refractivity (Wildman–Crippen MR) is 92.6 cm³/mol. The van der Waals surface area contributed by atoms with Crippen LogP contribution in [0, 0.1) is 5.92 Å². The number of hydrogen-bond donors (Lipinski definition) is 0. The molecule has 0 bridgehead atoms. The lowest BCUT2D eigenvalue weighted by molar-refractivity contribution is 0.0596. The van der Waals surface area contributed by atoms with Gasteiger partial charge >= 0.3 is 5.97 Å². The summed E-state index contributed by atoms with van der Waals surface area (Å²) in [6.07, 6.45) is 2.21. The van der Waals surface area contributed by atoms with Crippen LogP contribution in [0.3, 0.4) is 0 Å². The van der Waals surface area contributed by atoms with Gasteiger partial charge in [-0.05, 0) is 36.5 Å². The highest BCUT2D eigenvalue weighted by atomic mass is 16.5. The van der Waals surface area contributed by atoms with Gasteiger partial charge in [-0.15, -0.1) is 0 Å². The molecular formula is C19H22N2O3. The maximum absolute atomic E-state index is 11.7. The van der Waals surface area contributed by atoms with Gasteiger partial charge in [0.25, 0.3) is 0 Å². The van der Waals surface area contributed by atoms with Crippen LogP contribution in [-0.4, -0.2) is 38.3 Å². The number of aromatic nitrogens is 1. The summed E-state index contributed by atoms with van der Waals surface area (Å²) in [6.45, 7) is 1.92. The summed E-state index contributed by atoms with van der Waals surface area (Å²) < 4.78 is 10.0. The summed E-state index contributed by atoms with van der Waals surface area (Å²) in [5.74, 6) is 1.33. The van der Waals surface area contributed by atoms with E-state index in [2.05, 4.69) is 34.1 Å². The van der Waals surface area contributed by atoms with Gasteiger partial charge in [-0.25, -0.2) is 4.79 Å². The number of benzene rings is 1. The first-order valence-electron chi connectivity index (χ1n) is 8.13. The van der Waals surface area contributed by atoms with Crippen molar-refractivity contribution in [2.45, 2.75) is 12.8 Å². The van der Waals surface area contributed by atoms with Gasteiger partial charge in [0.1, 0.15) is 11.4 Å². The first kappa shape index (κ1) is 16.3. The first-order valence-corrected chi connectivity index (χ1v) is 8.13. The van der Waals surface area contributed by atoms with E-state index >= 15 is 0 Å². The molecule has 5 heteroatoms. The molecule has 1 fully saturated rings. The standard InChI is InChI=1S/C19H22N2O3/c1-23-18-16(19(22)24-2)8-9-17(20-18)21-11-10-15(13-21)12-14-6-4-3-5-7-14/h3-9,15H,10-13H2,1-2H3. The van der Waals surface area contributed by atoms with Crippen molar-refractivity contribution in [3.05, 3.63) is 53.6 Å². The third kappa shape index (κ3) is 3.50. The Morgan fingerprint density at radius 2 is 2.00 bits per heavy atom. The van der Waals surface area contributed by atoms with Crippen molar-refractivity contribution in [2.75, 3.05) is 32.2 Å². The topological polar surface area (TPSA) is 51.7 Å². The van der Waals surface area contributed by atoms with Crippen molar-refractivity contribution in [1.82, 2.24) is 4.98 Å². The number of rotatable bonds is 5. The third-order valence-corrected chi connectivity index (χ3v) is 4.42. The molecule has 1 aromatic carbocycles. The Bertz CT molecular complexity index is 703. The van der Waals surface area contributed by atoms with Gasteiger partial charge in [-0.3, -0.25) is 0 Å². The van der Waals surface area contributed by atoms with Crippen LogP contribution < -0.4 is 9.64 Å². The molecule has 1 unspecified atom stereocenters. The highest BCUT2D eigenvalue weighted by Gasteiger charge is 2.25. The number of ether oxygens (including phenoxy) is 2. The second-order valence-corrected chi connectivity index (χ2v) is 6.01. The zero-order valence-corrected chi connectivity index (χ0v) is 14.1. The van der Waals surface area contributed by atoms with Crippen LogP contribution in [-0.2, 0) is 11.2 Å². The van der Waals surface area contributed by atoms with E-state index in [9.17, 15) is 4.79 Å². The van der Waals surface area contributed by atoms with Crippen molar-refractivity contribution in [3.63, 3.8) is 0 Å². The second-order valence-electron chi connectivity index (χ2n) is 6.01. The number of hydrogen-bond acceptors (Lipinski definition) is 5. The van der Waals surface area contributed by atoms with Crippen molar-refractivity contribution in [2.24, 2.45) is 5.92 Å². The summed E-state index contributed by atoms with van der Waals surface area (Å²) in [6, 6.07) is 14.1. The molecule has 1 aliphatic heterocycles. The van der Waals surface area contributed by atoms with Crippen LogP contribution in [0.5, 0.6) is 5.88 Å². The number of methoxy groups -OCH3 is 2. The molecule has 0 spiro atoms. The summed E-state index contributed by atoms with van der Waals surface area (Å²) in [7, 11) is 2.87. The molecule has 1 aromatic heterocycles. The monoisotopic (exact) mass is 326 g/mol. The van der Waals surface area contributed by atoms with Crippen LogP contribution in [0.25, 0.3) is 0 Å². The van der Waals surface area contributed by atoms with E-state index in [-0.39, 0.29) is 0 Å². The van der Waals surface area contributed by atoms with Gasteiger partial charge in [-0.2, -0.15) is 4.98 Å². The molecule has 0 amide bonds. The van der Waals surface area contributed by atoms with Crippen LogP contribution >= 0.6 is 0 Å². The molecule has 1 atom stereocenters. The molecule has 0 radical (unpaired) electrons. The number of pyridine rings is 1. The summed E-state index contributed by atoms with van der Waals surface area (Å²) in [4.78, 5) is 18.5. The number of carbonyl (C=O) groups is 1. The molecule has 1 aliphatic rings. The van der Waals surface area contributed by atoms with Crippen LogP contribution in [0.15, 0.2) is 42.5 Å². The molecule has 0 aliphatic carbocycles. The van der Waals surface area contributed by atoms with Gasteiger partial charge in [0.05, 0.1) is 14.2 Å². The molecule has 3 rings (SSSR count). The van der Waals surface area contributed by atoms with Crippen molar-refractivity contribution < 1.29 is 14.3 Å². The highest BCUT2D eigenvalue weighted by molar-refractivity contribution is 5.92. The lowest BCUT2D eigenvalue weighted by Crippen LogP contribution is -2.22. The smallest absolute Gasteiger partial charge is 0.343 e. The molecule has 0 saturated carbocycles. The summed E-state index contributed by atoms with van der Waals surface area (Å²) in [5, 5.41) is 0. The minimum atomic E-state index is -0.436. The molecule has 126 valence electrons. The normalized spacial score (nSPS) is 16.9. The van der Waals surface area contributed by atoms with Crippen LogP contribution in [0.4, 0.5) is 5.82 Å². The average molecular weight is 326 g/mol. The second kappa shape index (κ2) is 7.34. The summed E-state index contributed by atoms with van der Waals surface area (Å²) >= 11 is 0. The average Bonchev–Trinajstić information content (AvgIpc) is 3.09. The Morgan fingerprint density at radius 3 is 2.71 bits per heavy atom. The Hall–Kier alpha value is -2.56. The van der Waals surface area contributed by atoms with Crippen molar-refractivity contribution >= 4 is 11.8 Å². The number of anilines is 1. The fourth-order valence-corrected chi connectivity index (χ4v) is 3.18. The van der Waals surface area contributed by atoms with Crippen LogP contribution in [0.1, 0.15) is 22.3 Å². The van der Waals surface area contributed by atoms with Gasteiger partial charge in [0.15, 0.2) is 0 Å². The quantitative estimate of drug-likeness (QED) is 0.791. The Labute approximate surface area is 142 Å².